The van der Waals surface area contributed by atoms with Crippen molar-refractivity contribution in [1.82, 2.24) is 24.7 Å². The van der Waals surface area contributed by atoms with Gasteiger partial charge in [-0.2, -0.15) is 5.10 Å². The second-order valence-corrected chi connectivity index (χ2v) is 5.50. The van der Waals surface area contributed by atoms with Crippen LogP contribution in [0.2, 0.25) is 0 Å². The molecule has 0 aliphatic heterocycles. The van der Waals surface area contributed by atoms with E-state index in [1.807, 2.05) is 66.3 Å². The number of benzene rings is 1. The summed E-state index contributed by atoms with van der Waals surface area (Å²) in [5, 5.41) is 11.5. The normalized spacial score (nSPS) is 10.9. The predicted molar refractivity (Wildman–Crippen MR) is 93.0 cm³/mol. The Morgan fingerprint density at radius 1 is 0.958 bits per heavy atom. The molecule has 24 heavy (non-hydrogen) atoms. The van der Waals surface area contributed by atoms with E-state index in [0.29, 0.717) is 6.54 Å². The maximum atomic E-state index is 4.54. The Bertz CT molecular complexity index is 974. The Kier molecular flexibility index (Phi) is 3.63. The van der Waals surface area contributed by atoms with Gasteiger partial charge >= 0.3 is 0 Å². The van der Waals surface area contributed by atoms with Gasteiger partial charge in [0.15, 0.2) is 0 Å². The third-order valence-corrected chi connectivity index (χ3v) is 3.81. The number of pyridine rings is 1. The van der Waals surface area contributed by atoms with Crippen LogP contribution in [-0.4, -0.2) is 24.7 Å². The van der Waals surface area contributed by atoms with Gasteiger partial charge in [0, 0.05) is 18.3 Å². The molecule has 0 spiro atoms. The molecule has 0 aliphatic rings. The smallest absolute Gasteiger partial charge is 0.148 e. The lowest BCUT2D eigenvalue weighted by Gasteiger charge is -2.11. The summed E-state index contributed by atoms with van der Waals surface area (Å²) >= 11 is 0. The molecule has 0 amide bonds. The Morgan fingerprint density at radius 3 is 2.75 bits per heavy atom. The number of anilines is 1. The molecule has 0 saturated heterocycles. The van der Waals surface area contributed by atoms with Gasteiger partial charge in [-0.05, 0) is 37.3 Å². The Labute approximate surface area is 139 Å². The summed E-state index contributed by atoms with van der Waals surface area (Å²) in [5.74, 6) is 1.60. The number of aromatic nitrogens is 5. The lowest BCUT2D eigenvalue weighted by molar-refractivity contribution is 0.941. The number of para-hydroxylation sites is 2. The van der Waals surface area contributed by atoms with Gasteiger partial charge in [0.05, 0.1) is 16.7 Å². The molecule has 4 rings (SSSR count). The molecule has 0 radical (unpaired) electrons. The molecule has 4 aromatic rings. The lowest BCUT2D eigenvalue weighted by atomic mass is 10.2. The van der Waals surface area contributed by atoms with Crippen molar-refractivity contribution in [1.29, 1.82) is 0 Å². The highest BCUT2D eigenvalue weighted by atomic mass is 15.2. The number of imidazole rings is 1. The van der Waals surface area contributed by atoms with Crippen LogP contribution in [0.1, 0.15) is 11.3 Å². The zero-order chi connectivity index (χ0) is 16.4. The van der Waals surface area contributed by atoms with Crippen molar-refractivity contribution in [3.8, 4) is 5.82 Å². The van der Waals surface area contributed by atoms with Crippen molar-refractivity contribution < 1.29 is 0 Å². The van der Waals surface area contributed by atoms with Gasteiger partial charge in [-0.15, -0.1) is 5.10 Å². The van der Waals surface area contributed by atoms with E-state index >= 15 is 0 Å². The first-order valence-electron chi connectivity index (χ1n) is 7.72. The summed E-state index contributed by atoms with van der Waals surface area (Å²) in [7, 11) is 0. The van der Waals surface area contributed by atoms with Crippen LogP contribution < -0.4 is 5.32 Å². The first-order valence-corrected chi connectivity index (χ1v) is 7.72. The molecule has 0 fully saturated rings. The monoisotopic (exact) mass is 316 g/mol. The van der Waals surface area contributed by atoms with Crippen LogP contribution in [-0.2, 0) is 6.54 Å². The van der Waals surface area contributed by atoms with E-state index in [9.17, 15) is 0 Å². The third kappa shape index (κ3) is 2.69. The zero-order valence-corrected chi connectivity index (χ0v) is 13.2. The minimum absolute atomic E-state index is 0.605. The summed E-state index contributed by atoms with van der Waals surface area (Å²) < 4.78 is 2.01. The van der Waals surface area contributed by atoms with E-state index in [2.05, 4.69) is 25.5 Å². The average Bonchev–Trinajstić information content (AvgIpc) is 3.05. The molecule has 0 saturated carbocycles. The molecule has 3 heterocycles. The highest BCUT2D eigenvalue weighted by Gasteiger charge is 2.09. The molecule has 0 atom stereocenters. The van der Waals surface area contributed by atoms with Crippen LogP contribution in [0.15, 0.2) is 61.1 Å². The molecule has 6 nitrogen and oxygen atoms in total. The number of hydrogen-bond acceptors (Lipinski definition) is 5. The minimum atomic E-state index is 0.605. The zero-order valence-electron chi connectivity index (χ0n) is 13.2. The SMILES string of the molecule is Cc1ccc(NCc2cccnc2-n2cnc3ccccc32)nn1. The molecular formula is C18H16N6. The molecule has 6 heteroatoms. The van der Waals surface area contributed by atoms with Gasteiger partial charge in [-0.1, -0.05) is 18.2 Å². The molecule has 3 aromatic heterocycles. The first-order chi connectivity index (χ1) is 11.8. The molecule has 1 aromatic carbocycles. The van der Waals surface area contributed by atoms with Crippen LogP contribution in [0.4, 0.5) is 5.82 Å². The highest BCUT2D eigenvalue weighted by Crippen LogP contribution is 2.19. The van der Waals surface area contributed by atoms with Crippen LogP contribution in [0.5, 0.6) is 0 Å². The first kappa shape index (κ1) is 14.3. The van der Waals surface area contributed by atoms with Crippen molar-refractivity contribution in [2.24, 2.45) is 0 Å². The molecule has 1 N–H and O–H groups in total. The number of aryl methyl sites for hydroxylation is 1. The van der Waals surface area contributed by atoms with Gasteiger partial charge in [-0.3, -0.25) is 4.57 Å². The van der Waals surface area contributed by atoms with Crippen LogP contribution >= 0.6 is 0 Å². The fourth-order valence-corrected chi connectivity index (χ4v) is 2.59. The van der Waals surface area contributed by atoms with Crippen molar-refractivity contribution in [3.05, 3.63) is 72.3 Å². The molecule has 0 bridgehead atoms. The van der Waals surface area contributed by atoms with E-state index in [-0.39, 0.29) is 0 Å². The summed E-state index contributed by atoms with van der Waals surface area (Å²) in [4.78, 5) is 8.99. The molecule has 0 unspecified atom stereocenters. The van der Waals surface area contributed by atoms with Gasteiger partial charge in [0.1, 0.15) is 18.0 Å². The van der Waals surface area contributed by atoms with Crippen LogP contribution in [0.3, 0.4) is 0 Å². The van der Waals surface area contributed by atoms with Crippen molar-refractivity contribution >= 4 is 16.9 Å². The summed E-state index contributed by atoms with van der Waals surface area (Å²) in [6.45, 7) is 2.52. The fourth-order valence-electron chi connectivity index (χ4n) is 2.59. The topological polar surface area (TPSA) is 68.5 Å². The summed E-state index contributed by atoms with van der Waals surface area (Å²) in [6.07, 6.45) is 3.60. The highest BCUT2D eigenvalue weighted by molar-refractivity contribution is 5.77. The largest absolute Gasteiger partial charge is 0.364 e. The van der Waals surface area contributed by atoms with Gasteiger partial charge in [0.25, 0.3) is 0 Å². The van der Waals surface area contributed by atoms with Crippen molar-refractivity contribution in [2.45, 2.75) is 13.5 Å². The second kappa shape index (κ2) is 6.08. The van der Waals surface area contributed by atoms with Crippen LogP contribution in [0, 0.1) is 6.92 Å². The maximum absolute atomic E-state index is 4.54. The lowest BCUT2D eigenvalue weighted by Crippen LogP contribution is -2.07. The number of rotatable bonds is 4. The minimum Gasteiger partial charge on any atom is -0.364 e. The van der Waals surface area contributed by atoms with Gasteiger partial charge < -0.3 is 5.32 Å². The average molecular weight is 316 g/mol. The molecular weight excluding hydrogens is 300 g/mol. The van der Waals surface area contributed by atoms with Gasteiger partial charge in [0.2, 0.25) is 0 Å². The fraction of sp³-hybridized carbons (Fsp3) is 0.111. The van der Waals surface area contributed by atoms with Crippen molar-refractivity contribution in [2.75, 3.05) is 5.32 Å². The second-order valence-electron chi connectivity index (χ2n) is 5.50. The number of hydrogen-bond donors (Lipinski definition) is 1. The number of nitrogens with zero attached hydrogens (tertiary/aromatic N) is 5. The summed E-state index contributed by atoms with van der Waals surface area (Å²) in [5.41, 5.74) is 3.94. The van der Waals surface area contributed by atoms with E-state index in [1.54, 1.807) is 6.20 Å². The van der Waals surface area contributed by atoms with Crippen molar-refractivity contribution in [3.63, 3.8) is 0 Å². The van der Waals surface area contributed by atoms with E-state index in [0.717, 1.165) is 33.9 Å². The number of fused-ring (bicyclic) bond motifs is 1. The molecule has 118 valence electrons. The Morgan fingerprint density at radius 2 is 1.88 bits per heavy atom. The predicted octanol–water partition coefficient (Wildman–Crippen LogP) is 3.13. The van der Waals surface area contributed by atoms with Gasteiger partial charge in [-0.25, -0.2) is 9.97 Å². The molecule has 0 aliphatic carbocycles. The Balaban J connectivity index is 1.66. The van der Waals surface area contributed by atoms with Crippen LogP contribution in [0.25, 0.3) is 16.9 Å². The number of nitrogens with one attached hydrogen (secondary N) is 1. The van der Waals surface area contributed by atoms with E-state index in [1.165, 1.54) is 0 Å². The van der Waals surface area contributed by atoms with E-state index in [4.69, 9.17) is 0 Å². The Hall–Kier alpha value is -3.28. The maximum Gasteiger partial charge on any atom is 0.148 e. The summed E-state index contributed by atoms with van der Waals surface area (Å²) in [6, 6.07) is 15.9. The third-order valence-electron chi connectivity index (χ3n) is 3.81. The quantitative estimate of drug-likeness (QED) is 0.626. The van der Waals surface area contributed by atoms with E-state index < -0.39 is 0 Å². The standard InChI is InChI=1S/C18H16N6/c1-13-8-9-17(23-22-13)20-11-14-5-4-10-19-18(14)24-12-21-15-6-2-3-7-16(15)24/h2-10,12H,11H2,1H3,(H,20,23).